The van der Waals surface area contributed by atoms with E-state index in [0.29, 0.717) is 6.61 Å². The molecule has 1 aliphatic heterocycles. The summed E-state index contributed by atoms with van der Waals surface area (Å²) in [6, 6.07) is 0. The molecular weight excluding hydrogens is 229 g/mol. The van der Waals surface area contributed by atoms with Crippen molar-refractivity contribution in [2.75, 3.05) is 13.3 Å². The van der Waals surface area contributed by atoms with Gasteiger partial charge in [-0.25, -0.2) is 0 Å². The van der Waals surface area contributed by atoms with E-state index in [-0.39, 0.29) is 15.4 Å². The highest BCUT2D eigenvalue weighted by Crippen LogP contribution is 2.60. The first kappa shape index (κ1) is 13.6. The molecule has 1 aliphatic rings. The first-order valence-corrected chi connectivity index (χ1v) is 8.26. The van der Waals surface area contributed by atoms with Crippen LogP contribution >= 0.6 is 19.1 Å². The van der Waals surface area contributed by atoms with Gasteiger partial charge in [0.15, 0.2) is 0 Å². The van der Waals surface area contributed by atoms with Crippen molar-refractivity contribution in [3.63, 3.8) is 0 Å². The van der Waals surface area contributed by atoms with Gasteiger partial charge in [0.25, 0.3) is 0 Å². The van der Waals surface area contributed by atoms with Gasteiger partial charge in [0.2, 0.25) is 7.37 Å². The maximum atomic E-state index is 12.4. The zero-order valence-electron chi connectivity index (χ0n) is 10.5. The van der Waals surface area contributed by atoms with Crippen molar-refractivity contribution in [3.05, 3.63) is 0 Å². The normalized spacial score (nSPS) is 32.5. The number of hydrogen-bond acceptors (Lipinski definition) is 4. The van der Waals surface area contributed by atoms with Crippen LogP contribution in [0.25, 0.3) is 0 Å². The Kier molecular flexibility index (Phi) is 3.68. The first-order valence-electron chi connectivity index (χ1n) is 5.30. The molecule has 3 nitrogen and oxygen atoms in total. The van der Waals surface area contributed by atoms with Crippen LogP contribution < -0.4 is 5.32 Å². The largest absolute Gasteiger partial charge is 0.328 e. The third-order valence-corrected chi connectivity index (χ3v) is 6.56. The number of nitrogens with one attached hydrogen (secondary N) is 1. The summed E-state index contributed by atoms with van der Waals surface area (Å²) in [6.07, 6.45) is 0. The molecule has 90 valence electrons. The van der Waals surface area contributed by atoms with Crippen molar-refractivity contribution in [3.8, 4) is 0 Å². The molecule has 0 aromatic carbocycles. The van der Waals surface area contributed by atoms with Crippen LogP contribution in [-0.4, -0.2) is 28.7 Å². The lowest BCUT2D eigenvalue weighted by molar-refractivity contribution is 0.315. The second-order valence-electron chi connectivity index (χ2n) is 5.09. The van der Waals surface area contributed by atoms with Crippen LogP contribution in [-0.2, 0) is 9.09 Å². The van der Waals surface area contributed by atoms with Gasteiger partial charge >= 0.3 is 0 Å². The fraction of sp³-hybridized carbons (Fsp3) is 1.00. The predicted octanol–water partition coefficient (Wildman–Crippen LogP) is 3.11. The fourth-order valence-electron chi connectivity index (χ4n) is 2.26. The van der Waals surface area contributed by atoms with Crippen LogP contribution in [0.2, 0.25) is 0 Å². The van der Waals surface area contributed by atoms with Crippen LogP contribution in [0.5, 0.6) is 0 Å². The molecule has 0 bridgehead atoms. The minimum Gasteiger partial charge on any atom is -0.328 e. The Morgan fingerprint density at radius 2 is 1.93 bits per heavy atom. The van der Waals surface area contributed by atoms with Gasteiger partial charge in [-0.05, 0) is 34.6 Å². The standard InChI is InChI=1S/C10H22NO2PS/c1-7-13-14(6,12)8-9(2,3)15-10(4,5)11-8/h8,11H,7H2,1-6H3. The van der Waals surface area contributed by atoms with E-state index in [1.54, 1.807) is 6.66 Å². The molecule has 2 unspecified atom stereocenters. The van der Waals surface area contributed by atoms with E-state index in [0.717, 1.165) is 0 Å². The molecule has 0 aromatic rings. The van der Waals surface area contributed by atoms with Crippen molar-refractivity contribution >= 4 is 19.1 Å². The molecule has 0 saturated carbocycles. The number of rotatable bonds is 3. The maximum absolute atomic E-state index is 12.4. The van der Waals surface area contributed by atoms with Crippen molar-refractivity contribution < 1.29 is 9.09 Å². The van der Waals surface area contributed by atoms with Crippen LogP contribution in [0.4, 0.5) is 0 Å². The highest BCUT2D eigenvalue weighted by atomic mass is 32.2. The van der Waals surface area contributed by atoms with E-state index in [9.17, 15) is 4.57 Å². The third-order valence-electron chi connectivity index (χ3n) is 2.52. The average Bonchev–Trinajstić information content (AvgIpc) is 2.19. The average molecular weight is 251 g/mol. The van der Waals surface area contributed by atoms with E-state index in [2.05, 4.69) is 33.0 Å². The summed E-state index contributed by atoms with van der Waals surface area (Å²) in [4.78, 5) is -0.0308. The second-order valence-corrected chi connectivity index (χ2v) is 9.96. The maximum Gasteiger partial charge on any atom is 0.217 e. The monoisotopic (exact) mass is 251 g/mol. The van der Waals surface area contributed by atoms with Gasteiger partial charge in [0, 0.05) is 11.4 Å². The van der Waals surface area contributed by atoms with E-state index in [1.807, 2.05) is 18.7 Å². The smallest absolute Gasteiger partial charge is 0.217 e. The van der Waals surface area contributed by atoms with Gasteiger partial charge in [-0.3, -0.25) is 9.88 Å². The molecule has 0 aromatic heterocycles. The van der Waals surface area contributed by atoms with Gasteiger partial charge in [0.1, 0.15) is 0 Å². The van der Waals surface area contributed by atoms with Crippen molar-refractivity contribution in [2.24, 2.45) is 0 Å². The molecule has 0 radical (unpaired) electrons. The number of thioether (sulfide) groups is 1. The summed E-state index contributed by atoms with van der Waals surface area (Å²) >= 11 is 1.82. The highest BCUT2D eigenvalue weighted by molar-refractivity contribution is 8.02. The lowest BCUT2D eigenvalue weighted by Gasteiger charge is -2.30. The molecule has 1 heterocycles. The van der Waals surface area contributed by atoms with E-state index in [1.165, 1.54) is 0 Å². The molecule has 1 N–H and O–H groups in total. The van der Waals surface area contributed by atoms with E-state index < -0.39 is 7.37 Å². The lowest BCUT2D eigenvalue weighted by Crippen LogP contribution is -2.41. The molecule has 0 aliphatic carbocycles. The zero-order valence-corrected chi connectivity index (χ0v) is 12.2. The zero-order chi connectivity index (χ0) is 11.9. The highest BCUT2D eigenvalue weighted by Gasteiger charge is 2.52. The predicted molar refractivity (Wildman–Crippen MR) is 67.8 cm³/mol. The lowest BCUT2D eigenvalue weighted by atomic mass is 10.2. The molecule has 0 spiro atoms. The summed E-state index contributed by atoms with van der Waals surface area (Å²) in [6.45, 7) is 12.6. The van der Waals surface area contributed by atoms with Crippen molar-refractivity contribution in [2.45, 2.75) is 50.0 Å². The molecule has 15 heavy (non-hydrogen) atoms. The molecular formula is C10H22NO2PS. The Morgan fingerprint density at radius 3 is 2.27 bits per heavy atom. The minimum atomic E-state index is -2.57. The SMILES string of the molecule is CCOP(C)(=O)C1NC(C)(C)SC1(C)C. The Balaban J connectivity index is 2.92. The summed E-state index contributed by atoms with van der Waals surface area (Å²) in [5.41, 5.74) is 0. The Labute approximate surface area is 97.2 Å². The van der Waals surface area contributed by atoms with Crippen LogP contribution in [0, 0.1) is 0 Å². The summed E-state index contributed by atoms with van der Waals surface area (Å²) in [5, 5.41) is 3.42. The topological polar surface area (TPSA) is 38.3 Å². The van der Waals surface area contributed by atoms with Gasteiger partial charge in [-0.2, -0.15) is 0 Å². The molecule has 2 atom stereocenters. The fourth-order valence-corrected chi connectivity index (χ4v) is 7.09. The van der Waals surface area contributed by atoms with Gasteiger partial charge in [-0.15, -0.1) is 11.8 Å². The van der Waals surface area contributed by atoms with Crippen molar-refractivity contribution in [1.82, 2.24) is 5.32 Å². The van der Waals surface area contributed by atoms with Gasteiger partial charge in [0.05, 0.1) is 17.3 Å². The minimum absolute atomic E-state index is 0.0308. The number of hydrogen-bond donors (Lipinski definition) is 1. The quantitative estimate of drug-likeness (QED) is 0.782. The summed E-state index contributed by atoms with van der Waals surface area (Å²) in [5.74, 6) is -0.0649. The summed E-state index contributed by atoms with van der Waals surface area (Å²) < 4.78 is 17.8. The molecule has 0 amide bonds. The van der Waals surface area contributed by atoms with Gasteiger partial charge in [-0.1, -0.05) is 0 Å². The Hall–Kier alpha value is 0.500. The molecule has 1 rings (SSSR count). The van der Waals surface area contributed by atoms with Crippen LogP contribution in [0.1, 0.15) is 34.6 Å². The van der Waals surface area contributed by atoms with Crippen LogP contribution in [0.15, 0.2) is 0 Å². The van der Waals surface area contributed by atoms with E-state index >= 15 is 0 Å². The van der Waals surface area contributed by atoms with Crippen molar-refractivity contribution in [1.29, 1.82) is 0 Å². The first-order chi connectivity index (χ1) is 6.61. The summed E-state index contributed by atoms with van der Waals surface area (Å²) in [7, 11) is -2.57. The molecule has 1 saturated heterocycles. The molecule has 1 fully saturated rings. The third kappa shape index (κ3) is 3.00. The van der Waals surface area contributed by atoms with E-state index in [4.69, 9.17) is 4.52 Å². The second kappa shape index (κ2) is 4.06. The Bertz CT molecular complexity index is 291. The van der Waals surface area contributed by atoms with Crippen LogP contribution in [0.3, 0.4) is 0 Å². The van der Waals surface area contributed by atoms with Gasteiger partial charge < -0.3 is 4.52 Å². The Morgan fingerprint density at radius 1 is 1.40 bits per heavy atom. The molecule has 5 heteroatoms.